The molecule has 3 heterocycles. The average molecular weight is 417 g/mol. The number of rotatable bonds is 6. The predicted molar refractivity (Wildman–Crippen MR) is 118 cm³/mol. The Kier molecular flexibility index (Phi) is 4.84. The molecule has 0 aliphatic rings. The molecule has 0 amide bonds. The summed E-state index contributed by atoms with van der Waals surface area (Å²) in [5.74, 6) is 1.29. The van der Waals surface area contributed by atoms with E-state index in [-0.39, 0.29) is 5.56 Å². The summed E-state index contributed by atoms with van der Waals surface area (Å²) in [6.45, 7) is 2.66. The molecule has 8 heteroatoms. The van der Waals surface area contributed by atoms with E-state index in [1.807, 2.05) is 76.1 Å². The third-order valence-electron chi connectivity index (χ3n) is 4.95. The molecule has 0 radical (unpaired) electrons. The van der Waals surface area contributed by atoms with E-state index in [0.29, 0.717) is 23.5 Å². The van der Waals surface area contributed by atoms with Crippen LogP contribution in [0, 0.1) is 0 Å². The van der Waals surface area contributed by atoms with Crippen LogP contribution >= 0.6 is 11.8 Å². The highest BCUT2D eigenvalue weighted by Crippen LogP contribution is 2.25. The summed E-state index contributed by atoms with van der Waals surface area (Å²) < 4.78 is 5.57. The molecule has 30 heavy (non-hydrogen) atoms. The van der Waals surface area contributed by atoms with E-state index in [9.17, 15) is 4.79 Å². The first-order chi connectivity index (χ1) is 14.8. The van der Waals surface area contributed by atoms with Gasteiger partial charge in [-0.15, -0.1) is 10.2 Å². The summed E-state index contributed by atoms with van der Waals surface area (Å²) in [5, 5.41) is 14.7. The highest BCUT2D eigenvalue weighted by Gasteiger charge is 2.16. The van der Waals surface area contributed by atoms with Gasteiger partial charge in [-0.2, -0.15) is 5.10 Å². The van der Waals surface area contributed by atoms with Crippen molar-refractivity contribution in [3.63, 3.8) is 0 Å². The van der Waals surface area contributed by atoms with Crippen LogP contribution in [0.5, 0.6) is 0 Å². The minimum atomic E-state index is -0.0203. The Morgan fingerprint density at radius 2 is 1.80 bits per heavy atom. The maximum atomic E-state index is 12.9. The maximum Gasteiger partial charge on any atom is 0.262 e. The summed E-state index contributed by atoms with van der Waals surface area (Å²) in [6, 6.07) is 17.7. The van der Waals surface area contributed by atoms with Gasteiger partial charge in [-0.1, -0.05) is 49.0 Å². The lowest BCUT2D eigenvalue weighted by molar-refractivity contribution is 0.662. The van der Waals surface area contributed by atoms with Crippen LogP contribution in [-0.2, 0) is 12.3 Å². The third-order valence-corrected chi connectivity index (χ3v) is 5.95. The van der Waals surface area contributed by atoms with E-state index in [1.165, 1.54) is 0 Å². The van der Waals surface area contributed by atoms with Crippen LogP contribution in [0.3, 0.4) is 0 Å². The second kappa shape index (κ2) is 7.79. The topological polar surface area (TPSA) is 70.0 Å². The number of aryl methyl sites for hydroxylation is 1. The number of benzene rings is 2. The van der Waals surface area contributed by atoms with Crippen LogP contribution < -0.4 is 5.56 Å². The molecule has 5 rings (SSSR count). The van der Waals surface area contributed by atoms with E-state index in [2.05, 4.69) is 22.2 Å². The molecule has 2 aromatic carbocycles. The molecule has 7 nitrogen and oxygen atoms in total. The maximum absolute atomic E-state index is 12.9. The summed E-state index contributed by atoms with van der Waals surface area (Å²) in [7, 11) is 0. The van der Waals surface area contributed by atoms with Gasteiger partial charge in [0.25, 0.3) is 5.56 Å². The summed E-state index contributed by atoms with van der Waals surface area (Å²) in [4.78, 5) is 12.9. The van der Waals surface area contributed by atoms with Gasteiger partial charge in [0, 0.05) is 24.1 Å². The van der Waals surface area contributed by atoms with Crippen molar-refractivity contribution in [2.75, 3.05) is 0 Å². The predicted octanol–water partition coefficient (Wildman–Crippen LogP) is 3.93. The Labute approximate surface area is 177 Å². The summed E-state index contributed by atoms with van der Waals surface area (Å²) in [5.41, 5.74) is 2.92. The smallest absolute Gasteiger partial charge is 0.262 e. The van der Waals surface area contributed by atoms with E-state index in [1.54, 1.807) is 16.3 Å². The molecule has 0 N–H and O–H groups in total. The van der Waals surface area contributed by atoms with Crippen molar-refractivity contribution in [2.45, 2.75) is 30.8 Å². The van der Waals surface area contributed by atoms with Gasteiger partial charge < -0.3 is 0 Å². The van der Waals surface area contributed by atoms with Crippen molar-refractivity contribution in [1.82, 2.24) is 28.9 Å². The molecule has 3 aromatic heterocycles. The van der Waals surface area contributed by atoms with Crippen molar-refractivity contribution in [1.29, 1.82) is 0 Å². The molecule has 5 aromatic rings. The number of thioether (sulfide) groups is 1. The summed E-state index contributed by atoms with van der Waals surface area (Å²) in [6.07, 6.45) is 4.74. The van der Waals surface area contributed by atoms with Gasteiger partial charge in [0.1, 0.15) is 0 Å². The zero-order chi connectivity index (χ0) is 20.5. The quantitative estimate of drug-likeness (QED) is 0.392. The zero-order valence-corrected chi connectivity index (χ0v) is 17.3. The van der Waals surface area contributed by atoms with Gasteiger partial charge in [0.2, 0.25) is 5.78 Å². The Morgan fingerprint density at radius 3 is 2.63 bits per heavy atom. The lowest BCUT2D eigenvalue weighted by atomic mass is 10.2. The first-order valence-electron chi connectivity index (χ1n) is 9.84. The molecular formula is C22H20N6OS. The average Bonchev–Trinajstić information content (AvgIpc) is 3.43. The molecule has 0 bridgehead atoms. The van der Waals surface area contributed by atoms with Gasteiger partial charge >= 0.3 is 0 Å². The van der Waals surface area contributed by atoms with Crippen molar-refractivity contribution < 1.29 is 0 Å². The number of hydrogen-bond acceptors (Lipinski definition) is 5. The largest absolute Gasteiger partial charge is 0.276 e. The molecule has 0 saturated heterocycles. The van der Waals surface area contributed by atoms with Crippen LogP contribution in [0.2, 0.25) is 0 Å². The molecule has 0 atom stereocenters. The highest BCUT2D eigenvalue weighted by molar-refractivity contribution is 7.98. The van der Waals surface area contributed by atoms with E-state index < -0.39 is 0 Å². The molecule has 0 aliphatic heterocycles. The minimum Gasteiger partial charge on any atom is -0.276 e. The monoisotopic (exact) mass is 416 g/mol. The van der Waals surface area contributed by atoms with Crippen molar-refractivity contribution in [3.8, 4) is 5.69 Å². The van der Waals surface area contributed by atoms with Gasteiger partial charge in [-0.3, -0.25) is 13.8 Å². The van der Waals surface area contributed by atoms with Crippen molar-refractivity contribution >= 4 is 28.4 Å². The number of hydrogen-bond donors (Lipinski definition) is 0. The third kappa shape index (κ3) is 3.19. The van der Waals surface area contributed by atoms with Crippen LogP contribution in [0.4, 0.5) is 0 Å². The second-order valence-electron chi connectivity index (χ2n) is 7.01. The fraction of sp³-hybridized carbons (Fsp3) is 0.182. The Balaban J connectivity index is 1.51. The molecule has 0 spiro atoms. The van der Waals surface area contributed by atoms with Gasteiger partial charge in [-0.25, -0.2) is 4.68 Å². The van der Waals surface area contributed by atoms with E-state index >= 15 is 0 Å². The normalized spacial score (nSPS) is 11.5. The van der Waals surface area contributed by atoms with Crippen molar-refractivity contribution in [2.24, 2.45) is 0 Å². The lowest BCUT2D eigenvalue weighted by Crippen LogP contribution is -2.23. The van der Waals surface area contributed by atoms with Crippen LogP contribution in [0.25, 0.3) is 22.4 Å². The Bertz CT molecular complexity index is 1390. The number of aromatic nitrogens is 6. The Hall–Kier alpha value is -3.39. The van der Waals surface area contributed by atoms with Crippen molar-refractivity contribution in [3.05, 3.63) is 82.9 Å². The SMILES string of the molecule is CCCn1c(=O)c2ccccc2n2c(SCc3cnn(-c4ccccc4)c3)nnc12. The second-order valence-corrected chi connectivity index (χ2v) is 7.95. The molecule has 150 valence electrons. The van der Waals surface area contributed by atoms with Crippen LogP contribution in [0.1, 0.15) is 18.9 Å². The zero-order valence-electron chi connectivity index (χ0n) is 16.5. The molecule has 0 fully saturated rings. The van der Waals surface area contributed by atoms with Gasteiger partial charge in [-0.05, 0) is 30.7 Å². The van der Waals surface area contributed by atoms with Crippen LogP contribution in [0.15, 0.2) is 76.9 Å². The van der Waals surface area contributed by atoms with Gasteiger partial charge in [0.15, 0.2) is 5.16 Å². The summed E-state index contributed by atoms with van der Waals surface area (Å²) >= 11 is 1.59. The standard InChI is InChI=1S/C22H20N6OS/c1-2-12-26-20(29)18-10-6-7-11-19(18)28-21(26)24-25-22(28)30-15-16-13-23-27(14-16)17-8-4-3-5-9-17/h3-11,13-14H,2,12,15H2,1H3. The van der Waals surface area contributed by atoms with E-state index in [0.717, 1.165) is 28.3 Å². The molecular weight excluding hydrogens is 396 g/mol. The van der Waals surface area contributed by atoms with Gasteiger partial charge in [0.05, 0.1) is 22.8 Å². The van der Waals surface area contributed by atoms with E-state index in [4.69, 9.17) is 0 Å². The minimum absolute atomic E-state index is 0.0203. The first-order valence-corrected chi connectivity index (χ1v) is 10.8. The molecule has 0 aliphatic carbocycles. The fourth-order valence-electron chi connectivity index (χ4n) is 3.56. The number of nitrogens with zero attached hydrogens (tertiary/aromatic N) is 6. The molecule has 0 unspecified atom stereocenters. The number of fused-ring (bicyclic) bond motifs is 3. The van der Waals surface area contributed by atoms with Crippen LogP contribution in [-0.4, -0.2) is 28.9 Å². The fourth-order valence-corrected chi connectivity index (χ4v) is 4.41. The molecule has 0 saturated carbocycles. The number of para-hydroxylation sites is 2. The highest BCUT2D eigenvalue weighted by atomic mass is 32.2. The lowest BCUT2D eigenvalue weighted by Gasteiger charge is -2.10. The first kappa shape index (κ1) is 18.6. The Morgan fingerprint density at radius 1 is 1.00 bits per heavy atom.